The van der Waals surface area contributed by atoms with Crippen molar-refractivity contribution in [2.45, 2.75) is 51.5 Å². The van der Waals surface area contributed by atoms with E-state index in [0.29, 0.717) is 6.42 Å². The molecule has 2 fully saturated rings. The molecule has 30 heavy (non-hydrogen) atoms. The van der Waals surface area contributed by atoms with Crippen LogP contribution in [0, 0.1) is 5.92 Å². The van der Waals surface area contributed by atoms with Crippen LogP contribution in [-0.2, 0) is 19.1 Å². The maximum Gasteiger partial charge on any atom is 0.381 e. The maximum absolute atomic E-state index is 13.0. The highest BCUT2D eigenvalue weighted by Gasteiger charge is 2.40. The number of thiazole rings is 1. The summed E-state index contributed by atoms with van der Waals surface area (Å²) in [7, 11) is 0. The standard InChI is InChI=1S/C19H24N4O6S/c1-2-29-17(27)15(25)12-10-30-18(21-12)22-16(26)13(8-11-6-4-3-5-7-11)23-14(24)9-20-19(23)28/h10-11,13H,2-9H2,1H3,(H,20,28)(H,21,22,26). The molecule has 1 unspecified atom stereocenters. The smallest absolute Gasteiger partial charge is 0.381 e. The Labute approximate surface area is 177 Å². The number of carbonyl (C=O) groups is 5. The minimum atomic E-state index is -1.02. The largest absolute Gasteiger partial charge is 0.460 e. The fourth-order valence-corrected chi connectivity index (χ4v) is 4.44. The molecule has 2 heterocycles. The van der Waals surface area contributed by atoms with E-state index in [-0.39, 0.29) is 29.9 Å². The zero-order valence-corrected chi connectivity index (χ0v) is 17.5. The van der Waals surface area contributed by atoms with Crippen LogP contribution in [0.15, 0.2) is 5.38 Å². The topological polar surface area (TPSA) is 135 Å². The van der Waals surface area contributed by atoms with Crippen molar-refractivity contribution in [1.29, 1.82) is 0 Å². The molecule has 2 aliphatic rings. The molecule has 0 radical (unpaired) electrons. The first-order valence-corrected chi connectivity index (χ1v) is 10.9. The van der Waals surface area contributed by atoms with Crippen LogP contribution < -0.4 is 10.6 Å². The molecular formula is C19H24N4O6S. The Hall–Kier alpha value is -2.82. The number of carbonyl (C=O) groups excluding carboxylic acids is 5. The predicted molar refractivity (Wildman–Crippen MR) is 107 cm³/mol. The van der Waals surface area contributed by atoms with Crippen LogP contribution >= 0.6 is 11.3 Å². The summed E-state index contributed by atoms with van der Waals surface area (Å²) in [6.45, 7) is 1.51. The van der Waals surface area contributed by atoms with Gasteiger partial charge in [-0.15, -0.1) is 11.3 Å². The molecule has 1 atom stereocenters. The zero-order valence-electron chi connectivity index (χ0n) is 16.6. The van der Waals surface area contributed by atoms with Crippen LogP contribution in [0.4, 0.5) is 9.93 Å². The second kappa shape index (κ2) is 9.79. The highest BCUT2D eigenvalue weighted by atomic mass is 32.1. The van der Waals surface area contributed by atoms with Crippen LogP contribution in [0.25, 0.3) is 0 Å². The summed E-state index contributed by atoms with van der Waals surface area (Å²) in [6, 6.07) is -1.55. The quantitative estimate of drug-likeness (QED) is 0.274. The molecule has 2 N–H and O–H groups in total. The lowest BCUT2D eigenvalue weighted by Crippen LogP contribution is -2.48. The number of imide groups is 1. The van der Waals surface area contributed by atoms with Gasteiger partial charge in [0.2, 0.25) is 5.91 Å². The Kier molecular flexibility index (Phi) is 7.14. The minimum Gasteiger partial charge on any atom is -0.460 e. The number of esters is 1. The number of Topliss-reactive ketones (excluding diaryl/α,β-unsaturated/α-hetero) is 1. The third-order valence-corrected chi connectivity index (χ3v) is 5.96. The van der Waals surface area contributed by atoms with Gasteiger partial charge in [-0.3, -0.25) is 19.3 Å². The van der Waals surface area contributed by atoms with Crippen LogP contribution in [-0.4, -0.2) is 58.7 Å². The second-order valence-corrected chi connectivity index (χ2v) is 8.11. The second-order valence-electron chi connectivity index (χ2n) is 7.25. The van der Waals surface area contributed by atoms with E-state index in [1.54, 1.807) is 6.92 Å². The van der Waals surface area contributed by atoms with Gasteiger partial charge in [0, 0.05) is 5.38 Å². The lowest BCUT2D eigenvalue weighted by molar-refractivity contribution is -0.137. The van der Waals surface area contributed by atoms with Crippen molar-refractivity contribution in [1.82, 2.24) is 15.2 Å². The molecule has 0 spiro atoms. The third-order valence-electron chi connectivity index (χ3n) is 5.20. The van der Waals surface area contributed by atoms with Gasteiger partial charge >= 0.3 is 12.0 Å². The SMILES string of the molecule is CCOC(=O)C(=O)c1csc(NC(=O)C(CC2CCCCC2)N2C(=O)CNC2=O)n1. The number of amides is 4. The first-order chi connectivity index (χ1) is 14.4. The number of urea groups is 1. The first-order valence-electron chi connectivity index (χ1n) is 9.98. The van der Waals surface area contributed by atoms with Gasteiger partial charge in [0.05, 0.1) is 13.2 Å². The molecule has 1 aliphatic heterocycles. The van der Waals surface area contributed by atoms with Crippen molar-refractivity contribution >= 4 is 46.1 Å². The van der Waals surface area contributed by atoms with Crippen molar-refractivity contribution in [3.05, 3.63) is 11.1 Å². The summed E-state index contributed by atoms with van der Waals surface area (Å²) in [5, 5.41) is 6.48. The first kappa shape index (κ1) is 21.9. The van der Waals surface area contributed by atoms with E-state index < -0.39 is 35.6 Å². The van der Waals surface area contributed by atoms with E-state index in [2.05, 4.69) is 20.4 Å². The Morgan fingerprint density at radius 2 is 2.03 bits per heavy atom. The number of hydrogen-bond acceptors (Lipinski definition) is 8. The van der Waals surface area contributed by atoms with Crippen molar-refractivity contribution in [2.75, 3.05) is 18.5 Å². The van der Waals surface area contributed by atoms with Crippen molar-refractivity contribution in [3.63, 3.8) is 0 Å². The third kappa shape index (κ3) is 5.02. The molecule has 1 aromatic rings. The van der Waals surface area contributed by atoms with Crippen molar-refractivity contribution < 1.29 is 28.7 Å². The van der Waals surface area contributed by atoms with E-state index in [4.69, 9.17) is 0 Å². The molecule has 1 aromatic heterocycles. The normalized spacial score (nSPS) is 18.1. The van der Waals surface area contributed by atoms with Crippen LogP contribution in [0.2, 0.25) is 0 Å². The van der Waals surface area contributed by atoms with E-state index in [0.717, 1.165) is 48.3 Å². The fraction of sp³-hybridized carbons (Fsp3) is 0.579. The highest BCUT2D eigenvalue weighted by Crippen LogP contribution is 2.30. The van der Waals surface area contributed by atoms with Gasteiger partial charge in [-0.25, -0.2) is 14.6 Å². The summed E-state index contributed by atoms with van der Waals surface area (Å²) in [5.74, 6) is -2.67. The summed E-state index contributed by atoms with van der Waals surface area (Å²) < 4.78 is 4.66. The van der Waals surface area contributed by atoms with Gasteiger partial charge in [-0.2, -0.15) is 0 Å². The fourth-order valence-electron chi connectivity index (χ4n) is 3.74. The van der Waals surface area contributed by atoms with E-state index >= 15 is 0 Å². The number of hydrogen-bond donors (Lipinski definition) is 2. The van der Waals surface area contributed by atoms with Crippen LogP contribution in [0.3, 0.4) is 0 Å². The molecule has 3 rings (SSSR count). The average Bonchev–Trinajstić information content (AvgIpc) is 3.33. The number of ether oxygens (including phenoxy) is 1. The Morgan fingerprint density at radius 1 is 1.30 bits per heavy atom. The Bertz CT molecular complexity index is 832. The maximum atomic E-state index is 13.0. The van der Waals surface area contributed by atoms with E-state index in [9.17, 15) is 24.0 Å². The van der Waals surface area contributed by atoms with E-state index in [1.807, 2.05) is 0 Å². The molecule has 1 saturated heterocycles. The number of nitrogens with zero attached hydrogens (tertiary/aromatic N) is 2. The van der Waals surface area contributed by atoms with Crippen LogP contribution in [0.5, 0.6) is 0 Å². The molecule has 11 heteroatoms. The number of aromatic nitrogens is 1. The van der Waals surface area contributed by atoms with Gasteiger partial charge < -0.3 is 15.4 Å². The highest BCUT2D eigenvalue weighted by molar-refractivity contribution is 7.14. The van der Waals surface area contributed by atoms with E-state index in [1.165, 1.54) is 5.38 Å². The molecule has 162 valence electrons. The Morgan fingerprint density at radius 3 is 2.67 bits per heavy atom. The lowest BCUT2D eigenvalue weighted by atomic mass is 9.84. The summed E-state index contributed by atoms with van der Waals surface area (Å²) in [6.07, 6.45) is 5.54. The van der Waals surface area contributed by atoms with Crippen molar-refractivity contribution in [2.24, 2.45) is 5.92 Å². The summed E-state index contributed by atoms with van der Waals surface area (Å²) >= 11 is 0.974. The average molecular weight is 436 g/mol. The van der Waals surface area contributed by atoms with Gasteiger partial charge in [0.25, 0.3) is 11.7 Å². The molecule has 0 aromatic carbocycles. The molecule has 1 saturated carbocycles. The number of rotatable bonds is 8. The lowest BCUT2D eigenvalue weighted by Gasteiger charge is -2.29. The molecule has 4 amide bonds. The molecule has 10 nitrogen and oxygen atoms in total. The monoisotopic (exact) mass is 436 g/mol. The number of anilines is 1. The van der Waals surface area contributed by atoms with Crippen LogP contribution in [0.1, 0.15) is 55.9 Å². The number of ketones is 1. The molecule has 1 aliphatic carbocycles. The predicted octanol–water partition coefficient (Wildman–Crippen LogP) is 1.72. The number of nitrogens with one attached hydrogen (secondary N) is 2. The summed E-state index contributed by atoms with van der Waals surface area (Å²) in [4.78, 5) is 65.9. The minimum absolute atomic E-state index is 0.0626. The van der Waals surface area contributed by atoms with Gasteiger partial charge in [-0.05, 0) is 19.3 Å². The molecular weight excluding hydrogens is 412 g/mol. The zero-order chi connectivity index (χ0) is 21.7. The van der Waals surface area contributed by atoms with Crippen molar-refractivity contribution in [3.8, 4) is 0 Å². The molecule has 0 bridgehead atoms. The Balaban J connectivity index is 1.73. The van der Waals surface area contributed by atoms with Gasteiger partial charge in [-0.1, -0.05) is 32.1 Å². The van der Waals surface area contributed by atoms with Gasteiger partial charge in [0.15, 0.2) is 5.13 Å². The van der Waals surface area contributed by atoms with Gasteiger partial charge in [0.1, 0.15) is 11.7 Å². The summed E-state index contributed by atoms with van der Waals surface area (Å²) in [5.41, 5.74) is -0.132.